The fraction of sp³-hybridized carbons (Fsp3) is 0. The highest BCUT2D eigenvalue weighted by molar-refractivity contribution is 7.42. The first-order chi connectivity index (χ1) is 8.11. The molecule has 0 bridgehead atoms. The van der Waals surface area contributed by atoms with Crippen LogP contribution in [0.15, 0.2) is 10.9 Å². The van der Waals surface area contributed by atoms with Gasteiger partial charge in [-0.25, -0.2) is 0 Å². The van der Waals surface area contributed by atoms with Crippen LogP contribution in [0.1, 0.15) is 4.88 Å². The van der Waals surface area contributed by atoms with E-state index in [0.717, 1.165) is 10.1 Å². The summed E-state index contributed by atoms with van der Waals surface area (Å²) in [5.74, 6) is -0.0601. The summed E-state index contributed by atoms with van der Waals surface area (Å²) in [5.41, 5.74) is 6.33. The molecular formula is C10H5N3O2S2. The molecule has 0 amide bonds. The number of hydrogen-bond donors (Lipinski definition) is 3. The Kier molecular flexibility index (Phi) is 1.92. The second-order valence-corrected chi connectivity index (χ2v) is 5.74. The molecule has 17 heavy (non-hydrogen) atoms. The van der Waals surface area contributed by atoms with Crippen molar-refractivity contribution in [2.75, 3.05) is 5.73 Å². The quantitative estimate of drug-likeness (QED) is 0.576. The van der Waals surface area contributed by atoms with Crippen molar-refractivity contribution in [1.29, 1.82) is 5.26 Å². The molecule has 3 heterocycles. The van der Waals surface area contributed by atoms with E-state index in [4.69, 9.17) is 11.0 Å². The highest BCUT2D eigenvalue weighted by Gasteiger charge is 2.17. The molecule has 0 aliphatic rings. The van der Waals surface area contributed by atoms with Crippen molar-refractivity contribution in [2.24, 2.45) is 0 Å². The van der Waals surface area contributed by atoms with Gasteiger partial charge in [-0.15, -0.1) is 22.7 Å². The molecule has 0 aliphatic carbocycles. The van der Waals surface area contributed by atoms with Gasteiger partial charge in [-0.1, -0.05) is 0 Å². The van der Waals surface area contributed by atoms with Gasteiger partial charge in [-0.05, 0) is 0 Å². The maximum atomic E-state index is 11.3. The topological polar surface area (TPSA) is 103 Å². The third-order valence-corrected chi connectivity index (χ3v) is 4.85. The number of nitrogens with zero attached hydrogens (tertiary/aromatic N) is 1. The van der Waals surface area contributed by atoms with Crippen molar-refractivity contribution >= 4 is 48.0 Å². The van der Waals surface area contributed by atoms with E-state index >= 15 is 0 Å². The van der Waals surface area contributed by atoms with Gasteiger partial charge in [-0.3, -0.25) is 4.79 Å². The number of nitriles is 1. The summed E-state index contributed by atoms with van der Waals surface area (Å²) in [5, 5.41) is 19.2. The molecule has 0 aliphatic heterocycles. The minimum atomic E-state index is -0.390. The van der Waals surface area contributed by atoms with Gasteiger partial charge < -0.3 is 15.8 Å². The van der Waals surface area contributed by atoms with E-state index < -0.39 is 0 Å². The molecule has 3 rings (SSSR count). The molecule has 0 radical (unpaired) electrons. The van der Waals surface area contributed by atoms with Gasteiger partial charge in [0.15, 0.2) is 0 Å². The number of nitrogen functional groups attached to an aromatic ring is 1. The van der Waals surface area contributed by atoms with Crippen LogP contribution in [0, 0.1) is 11.3 Å². The van der Waals surface area contributed by atoms with Crippen LogP contribution in [0.5, 0.6) is 5.75 Å². The first kappa shape index (κ1) is 10.1. The predicted octanol–water partition coefficient (Wildman–Crippen LogP) is 1.96. The molecule has 0 fully saturated rings. The Hall–Kier alpha value is -2.04. The number of aromatic amines is 1. The highest BCUT2D eigenvalue weighted by atomic mass is 32.2. The number of hydrogen-bond acceptors (Lipinski definition) is 6. The maximum Gasteiger partial charge on any atom is 0.252 e. The second kappa shape index (κ2) is 3.23. The molecule has 84 valence electrons. The Morgan fingerprint density at radius 2 is 2.24 bits per heavy atom. The van der Waals surface area contributed by atoms with E-state index in [-0.39, 0.29) is 11.3 Å². The minimum Gasteiger partial charge on any atom is -0.506 e. The zero-order chi connectivity index (χ0) is 12.2. The molecule has 3 aromatic heterocycles. The molecule has 7 heteroatoms. The lowest BCUT2D eigenvalue weighted by Crippen LogP contribution is -2.02. The number of aromatic nitrogens is 1. The number of thiophene rings is 2. The van der Waals surface area contributed by atoms with Crippen molar-refractivity contribution in [1.82, 2.24) is 4.98 Å². The number of nitrogens with two attached hydrogens (primary N) is 1. The van der Waals surface area contributed by atoms with Crippen LogP contribution in [0.2, 0.25) is 0 Å². The molecule has 0 saturated carbocycles. The van der Waals surface area contributed by atoms with Crippen molar-refractivity contribution < 1.29 is 5.11 Å². The number of pyridine rings is 1. The first-order valence-electron chi connectivity index (χ1n) is 4.58. The van der Waals surface area contributed by atoms with Crippen LogP contribution in [-0.2, 0) is 0 Å². The zero-order valence-electron chi connectivity index (χ0n) is 8.27. The molecule has 5 nitrogen and oxygen atoms in total. The average molecular weight is 263 g/mol. The molecule has 4 N–H and O–H groups in total. The lowest BCUT2D eigenvalue weighted by Gasteiger charge is -1.94. The SMILES string of the molecule is N#Cc1sc2sc3c(O)cc(=O)[nH]c3c2c1N. The normalized spacial score (nSPS) is 11.0. The summed E-state index contributed by atoms with van der Waals surface area (Å²) in [6.45, 7) is 0. The third-order valence-electron chi connectivity index (χ3n) is 2.43. The molecule has 0 spiro atoms. The van der Waals surface area contributed by atoms with Crippen molar-refractivity contribution in [3.05, 3.63) is 21.3 Å². The highest BCUT2D eigenvalue weighted by Crippen LogP contribution is 2.45. The monoisotopic (exact) mass is 263 g/mol. The van der Waals surface area contributed by atoms with Gasteiger partial charge in [0.2, 0.25) is 0 Å². The number of aromatic hydroxyl groups is 1. The molecule has 3 aromatic rings. The Morgan fingerprint density at radius 1 is 1.47 bits per heavy atom. The fourth-order valence-electron chi connectivity index (χ4n) is 1.72. The van der Waals surface area contributed by atoms with E-state index in [9.17, 15) is 9.90 Å². The van der Waals surface area contributed by atoms with E-state index in [1.54, 1.807) is 0 Å². The van der Waals surface area contributed by atoms with Crippen LogP contribution < -0.4 is 11.3 Å². The van der Waals surface area contributed by atoms with E-state index in [0.29, 0.717) is 26.2 Å². The van der Waals surface area contributed by atoms with Gasteiger partial charge in [-0.2, -0.15) is 5.26 Å². The third kappa shape index (κ3) is 1.25. The molecule has 0 unspecified atom stereocenters. The number of fused-ring (bicyclic) bond motifs is 3. The average Bonchev–Trinajstić information content (AvgIpc) is 2.77. The lowest BCUT2D eigenvalue weighted by atomic mass is 10.2. The van der Waals surface area contributed by atoms with Gasteiger partial charge in [0.05, 0.1) is 25.3 Å². The summed E-state index contributed by atoms with van der Waals surface area (Å²) < 4.78 is 1.41. The van der Waals surface area contributed by atoms with E-state index in [2.05, 4.69) is 4.98 Å². The Balaban J connectivity index is 2.62. The summed E-state index contributed by atoms with van der Waals surface area (Å²) >= 11 is 2.58. The van der Waals surface area contributed by atoms with Gasteiger partial charge in [0, 0.05) is 6.07 Å². The maximum absolute atomic E-state index is 11.3. The smallest absolute Gasteiger partial charge is 0.252 e. The lowest BCUT2D eigenvalue weighted by molar-refractivity contribution is 0.481. The first-order valence-corrected chi connectivity index (χ1v) is 6.22. The molecule has 0 atom stereocenters. The van der Waals surface area contributed by atoms with Crippen LogP contribution in [0.4, 0.5) is 5.69 Å². The fourth-order valence-corrected chi connectivity index (χ4v) is 4.06. The Labute approximate surface area is 102 Å². The van der Waals surface area contributed by atoms with Crippen LogP contribution in [0.3, 0.4) is 0 Å². The van der Waals surface area contributed by atoms with Gasteiger partial charge in [0.25, 0.3) is 5.56 Å². The number of H-pyrrole nitrogens is 1. The van der Waals surface area contributed by atoms with Gasteiger partial charge >= 0.3 is 0 Å². The van der Waals surface area contributed by atoms with Crippen molar-refractivity contribution in [2.45, 2.75) is 0 Å². The molecule has 0 saturated heterocycles. The van der Waals surface area contributed by atoms with Crippen molar-refractivity contribution in [3.8, 4) is 11.8 Å². The van der Waals surface area contributed by atoms with Crippen LogP contribution in [0.25, 0.3) is 19.6 Å². The van der Waals surface area contributed by atoms with Gasteiger partial charge in [0.1, 0.15) is 16.7 Å². The summed E-state index contributed by atoms with van der Waals surface area (Å²) in [7, 11) is 0. The largest absolute Gasteiger partial charge is 0.506 e. The Bertz CT molecular complexity index is 850. The summed E-state index contributed by atoms with van der Waals surface area (Å²) in [4.78, 5) is 14.4. The van der Waals surface area contributed by atoms with E-state index in [1.807, 2.05) is 6.07 Å². The van der Waals surface area contributed by atoms with Crippen molar-refractivity contribution in [3.63, 3.8) is 0 Å². The number of rotatable bonds is 0. The van der Waals surface area contributed by atoms with Crippen LogP contribution in [-0.4, -0.2) is 10.1 Å². The number of nitrogens with one attached hydrogen (secondary N) is 1. The van der Waals surface area contributed by atoms with Crippen LogP contribution >= 0.6 is 22.7 Å². The molecular weight excluding hydrogens is 258 g/mol. The summed E-state index contributed by atoms with van der Waals surface area (Å²) in [6.07, 6.45) is 0. The zero-order valence-corrected chi connectivity index (χ0v) is 9.91. The summed E-state index contributed by atoms with van der Waals surface area (Å²) in [6, 6.07) is 3.14. The molecule has 0 aromatic carbocycles. The predicted molar refractivity (Wildman–Crippen MR) is 68.6 cm³/mol. The standard InChI is InChI=1S/C10H5N3O2S2/c11-2-4-7(12)6-8-9(17-10(6)16-4)3(14)1-5(15)13-8/h1H,12H2,(H2,13,14,15). The Morgan fingerprint density at radius 3 is 2.94 bits per heavy atom. The second-order valence-electron chi connectivity index (χ2n) is 3.44. The van der Waals surface area contributed by atoms with E-state index in [1.165, 1.54) is 22.7 Å². The number of anilines is 1. The minimum absolute atomic E-state index is 0.0601.